The smallest absolute Gasteiger partial charge is 0.354 e. The Morgan fingerprint density at radius 1 is 1.08 bits per heavy atom. The molecule has 0 aliphatic heterocycles. The second-order valence-electron chi connectivity index (χ2n) is 9.67. The lowest BCUT2D eigenvalue weighted by molar-refractivity contribution is -0.120. The van der Waals surface area contributed by atoms with E-state index in [-0.39, 0.29) is 23.9 Å². The van der Waals surface area contributed by atoms with Crippen LogP contribution in [-0.4, -0.2) is 31.6 Å². The van der Waals surface area contributed by atoms with E-state index in [2.05, 4.69) is 26.9 Å². The minimum Gasteiger partial charge on any atom is -0.354 e. The van der Waals surface area contributed by atoms with Crippen molar-refractivity contribution < 1.29 is 9.32 Å². The van der Waals surface area contributed by atoms with Gasteiger partial charge in [0.1, 0.15) is 5.82 Å². The summed E-state index contributed by atoms with van der Waals surface area (Å²) >= 11 is 0. The van der Waals surface area contributed by atoms with Gasteiger partial charge in [-0.1, -0.05) is 67.0 Å². The lowest BCUT2D eigenvalue weighted by Gasteiger charge is -2.17. The molecule has 2 aromatic carbocycles. The third-order valence-corrected chi connectivity index (χ3v) is 6.32. The average molecular weight is 516 g/mol. The van der Waals surface area contributed by atoms with E-state index < -0.39 is 5.76 Å². The van der Waals surface area contributed by atoms with Crippen LogP contribution >= 0.6 is 0 Å². The number of hydrogen-bond donors (Lipinski definition) is 2. The maximum absolute atomic E-state index is 13.6. The molecule has 0 saturated carbocycles. The molecule has 0 spiro atoms. The molecule has 0 unspecified atom stereocenters. The Hall–Kier alpha value is -4.27. The van der Waals surface area contributed by atoms with E-state index in [1.54, 1.807) is 11.5 Å². The summed E-state index contributed by atoms with van der Waals surface area (Å²) in [5.41, 5.74) is 4.36. The van der Waals surface area contributed by atoms with Crippen LogP contribution in [0.5, 0.6) is 0 Å². The molecule has 0 radical (unpaired) electrons. The van der Waals surface area contributed by atoms with Gasteiger partial charge in [-0.2, -0.15) is 0 Å². The molecule has 4 aromatic rings. The van der Waals surface area contributed by atoms with Crippen molar-refractivity contribution in [1.29, 1.82) is 0 Å². The lowest BCUT2D eigenvalue weighted by Crippen LogP contribution is -2.36. The van der Waals surface area contributed by atoms with Crippen molar-refractivity contribution in [3.05, 3.63) is 92.1 Å². The van der Waals surface area contributed by atoms with Crippen LogP contribution < -0.4 is 16.6 Å². The van der Waals surface area contributed by atoms with Crippen LogP contribution in [0.4, 0.5) is 0 Å². The summed E-state index contributed by atoms with van der Waals surface area (Å²) < 4.78 is 6.38. The number of nitrogens with one attached hydrogen (secondary N) is 2. The molecule has 0 aliphatic rings. The molecule has 2 heterocycles. The van der Waals surface area contributed by atoms with Gasteiger partial charge in [0.2, 0.25) is 5.91 Å². The molecule has 198 valence electrons. The van der Waals surface area contributed by atoms with Gasteiger partial charge < -0.3 is 5.32 Å². The van der Waals surface area contributed by atoms with Crippen molar-refractivity contribution in [3.63, 3.8) is 0 Å². The Kier molecular flexibility index (Phi) is 8.35. The first kappa shape index (κ1) is 26.8. The van der Waals surface area contributed by atoms with E-state index in [0.29, 0.717) is 30.0 Å². The van der Waals surface area contributed by atoms with E-state index in [9.17, 15) is 14.4 Å². The Labute approximate surface area is 220 Å². The number of amides is 1. The Morgan fingerprint density at radius 3 is 2.42 bits per heavy atom. The zero-order chi connectivity index (χ0) is 27.2. The minimum absolute atomic E-state index is 0.00374. The van der Waals surface area contributed by atoms with Gasteiger partial charge in [0, 0.05) is 29.3 Å². The highest BCUT2D eigenvalue weighted by atomic mass is 16.5. The van der Waals surface area contributed by atoms with Gasteiger partial charge in [0.15, 0.2) is 5.82 Å². The van der Waals surface area contributed by atoms with Gasteiger partial charge >= 0.3 is 5.76 Å². The Bertz CT molecular complexity index is 1530. The maximum Gasteiger partial charge on any atom is 0.439 e. The number of carbonyl (C=O) groups excluding carboxylic acids is 1. The van der Waals surface area contributed by atoms with Crippen molar-refractivity contribution in [1.82, 2.24) is 25.0 Å². The van der Waals surface area contributed by atoms with Gasteiger partial charge in [-0.3, -0.25) is 23.7 Å². The van der Waals surface area contributed by atoms with E-state index >= 15 is 0 Å². The lowest BCUT2D eigenvalue weighted by atomic mass is 9.98. The number of unbranched alkanes of at least 4 members (excludes halogenated alkanes) is 1. The van der Waals surface area contributed by atoms with Crippen LogP contribution in [0.15, 0.2) is 62.6 Å². The summed E-state index contributed by atoms with van der Waals surface area (Å²) in [7, 11) is 0. The monoisotopic (exact) mass is 515 g/mol. The number of aromatic nitrogens is 4. The number of hydrogen-bond acceptors (Lipinski definition) is 6. The van der Waals surface area contributed by atoms with Crippen molar-refractivity contribution in [3.8, 4) is 22.5 Å². The molecule has 0 atom stereocenters. The predicted molar refractivity (Wildman–Crippen MR) is 146 cm³/mol. The number of rotatable bonds is 10. The Balaban J connectivity index is 1.66. The van der Waals surface area contributed by atoms with Crippen LogP contribution in [0.2, 0.25) is 0 Å². The molecule has 38 heavy (non-hydrogen) atoms. The summed E-state index contributed by atoms with van der Waals surface area (Å²) in [6.45, 7) is 8.03. The van der Waals surface area contributed by atoms with Crippen molar-refractivity contribution >= 4 is 5.91 Å². The number of H-pyrrole nitrogens is 1. The molecule has 0 saturated heterocycles. The van der Waals surface area contributed by atoms with Crippen LogP contribution in [0.1, 0.15) is 56.3 Å². The largest absolute Gasteiger partial charge is 0.439 e. The third-order valence-electron chi connectivity index (χ3n) is 6.32. The molecule has 2 N–H and O–H groups in total. The van der Waals surface area contributed by atoms with Crippen LogP contribution in [0.3, 0.4) is 0 Å². The second kappa shape index (κ2) is 11.9. The van der Waals surface area contributed by atoms with Gasteiger partial charge in [0.05, 0.1) is 13.0 Å². The molecule has 9 nitrogen and oxygen atoms in total. The van der Waals surface area contributed by atoms with E-state index in [1.165, 1.54) is 0 Å². The summed E-state index contributed by atoms with van der Waals surface area (Å²) in [6, 6.07) is 15.5. The van der Waals surface area contributed by atoms with Gasteiger partial charge in [-0.15, -0.1) is 0 Å². The minimum atomic E-state index is -0.609. The Morgan fingerprint density at radius 2 is 1.79 bits per heavy atom. The number of carbonyl (C=O) groups is 1. The molecule has 0 bridgehead atoms. The van der Waals surface area contributed by atoms with Crippen LogP contribution in [0.25, 0.3) is 22.5 Å². The van der Waals surface area contributed by atoms with Crippen molar-refractivity contribution in [2.75, 3.05) is 0 Å². The second-order valence-corrected chi connectivity index (χ2v) is 9.67. The fraction of sp³-hybridized carbons (Fsp3) is 0.345. The predicted octanol–water partition coefficient (Wildman–Crippen LogP) is 4.02. The molecule has 0 fully saturated rings. The zero-order valence-corrected chi connectivity index (χ0v) is 22.2. The first-order valence-electron chi connectivity index (χ1n) is 12.9. The molecular formula is C29H33N5O4. The van der Waals surface area contributed by atoms with Gasteiger partial charge in [-0.25, -0.2) is 9.78 Å². The number of benzene rings is 2. The molecule has 0 aliphatic carbocycles. The average Bonchev–Trinajstić information content (AvgIpc) is 3.33. The molecule has 9 heteroatoms. The van der Waals surface area contributed by atoms with E-state index in [0.717, 1.165) is 40.9 Å². The quantitative estimate of drug-likeness (QED) is 0.329. The summed E-state index contributed by atoms with van der Waals surface area (Å²) in [6.07, 6.45) is 2.59. The van der Waals surface area contributed by atoms with Gasteiger partial charge in [-0.05, 0) is 43.9 Å². The number of nitrogens with zero attached hydrogens (tertiary/aromatic N) is 3. The zero-order valence-electron chi connectivity index (χ0n) is 22.2. The molecule has 4 rings (SSSR count). The fourth-order valence-corrected chi connectivity index (χ4v) is 4.44. The highest BCUT2D eigenvalue weighted by Gasteiger charge is 2.18. The van der Waals surface area contributed by atoms with Crippen molar-refractivity contribution in [2.45, 2.75) is 66.0 Å². The summed E-state index contributed by atoms with van der Waals surface area (Å²) in [4.78, 5) is 44.8. The standard InChI is InChI=1S/C29H33N5O4/c1-5-6-11-25-31-19(4)24(16-26(35)30-18(2)3)28(36)34(25)17-20-12-14-21(15-13-20)22-9-7-8-10-23(22)27-32-29(37)38-33-27/h7-10,12-15,18H,5-6,11,16-17H2,1-4H3,(H,30,35)(H,32,33,37). The van der Waals surface area contributed by atoms with Crippen LogP contribution in [-0.2, 0) is 24.2 Å². The van der Waals surface area contributed by atoms with Gasteiger partial charge in [0.25, 0.3) is 5.56 Å². The van der Waals surface area contributed by atoms with E-state index in [4.69, 9.17) is 4.98 Å². The highest BCUT2D eigenvalue weighted by Crippen LogP contribution is 2.30. The molecule has 1 amide bonds. The third kappa shape index (κ3) is 6.16. The first-order valence-corrected chi connectivity index (χ1v) is 12.9. The highest BCUT2D eigenvalue weighted by molar-refractivity contribution is 5.80. The van der Waals surface area contributed by atoms with Crippen LogP contribution in [0, 0.1) is 6.92 Å². The molecule has 2 aromatic heterocycles. The van der Waals surface area contributed by atoms with Crippen molar-refractivity contribution in [2.24, 2.45) is 0 Å². The maximum atomic E-state index is 13.6. The molecular weight excluding hydrogens is 482 g/mol. The summed E-state index contributed by atoms with van der Waals surface area (Å²) in [5.74, 6) is 0.293. The number of aryl methyl sites for hydroxylation is 2. The fourth-order valence-electron chi connectivity index (χ4n) is 4.44. The first-order chi connectivity index (χ1) is 18.3. The normalized spacial score (nSPS) is 11.2. The topological polar surface area (TPSA) is 123 Å². The SMILES string of the molecule is CCCCc1nc(C)c(CC(=O)NC(C)C)c(=O)n1Cc1ccc(-c2ccccc2-c2noc(=O)[nH]2)cc1. The number of aromatic amines is 1. The summed E-state index contributed by atoms with van der Waals surface area (Å²) in [5, 5.41) is 6.68. The van der Waals surface area contributed by atoms with E-state index in [1.807, 2.05) is 62.4 Å².